The minimum atomic E-state index is -4.44. The second-order valence-corrected chi connectivity index (χ2v) is 6.23. The van der Waals surface area contributed by atoms with Crippen molar-refractivity contribution < 1.29 is 18.0 Å². The van der Waals surface area contributed by atoms with Gasteiger partial charge in [-0.15, -0.1) is 12.4 Å². The largest absolute Gasteiger partial charge is 0.416 e. The summed E-state index contributed by atoms with van der Waals surface area (Å²) in [6.07, 6.45) is -2.25. The highest BCUT2D eigenvalue weighted by atomic mass is 35.5. The average Bonchev–Trinajstić information content (AvgIpc) is 3.03. The van der Waals surface area contributed by atoms with Crippen molar-refractivity contribution in [2.75, 3.05) is 6.54 Å². The number of nitrogens with zero attached hydrogens (tertiary/aromatic N) is 2. The molecule has 144 valence electrons. The van der Waals surface area contributed by atoms with Crippen molar-refractivity contribution in [3.8, 4) is 5.69 Å². The van der Waals surface area contributed by atoms with E-state index < -0.39 is 17.6 Å². The van der Waals surface area contributed by atoms with Gasteiger partial charge in [0.05, 0.1) is 11.3 Å². The van der Waals surface area contributed by atoms with E-state index in [-0.39, 0.29) is 29.8 Å². The molecule has 26 heavy (non-hydrogen) atoms. The Morgan fingerprint density at radius 2 is 2.00 bits per heavy atom. The lowest BCUT2D eigenvalue weighted by atomic mass is 10.0. The van der Waals surface area contributed by atoms with Crippen LogP contribution in [0.4, 0.5) is 13.2 Å². The van der Waals surface area contributed by atoms with Crippen molar-refractivity contribution in [3.63, 3.8) is 0 Å². The molecule has 0 radical (unpaired) electrons. The Hall–Kier alpha value is -2.06. The molecule has 1 aromatic carbocycles. The van der Waals surface area contributed by atoms with Crippen molar-refractivity contribution in [1.82, 2.24) is 15.1 Å². The molecular weight excluding hydrogens is 369 g/mol. The maximum Gasteiger partial charge on any atom is 0.416 e. The van der Waals surface area contributed by atoms with Crippen LogP contribution in [0.3, 0.4) is 0 Å². The number of carbonyl (C=O) groups is 1. The van der Waals surface area contributed by atoms with Gasteiger partial charge in [0, 0.05) is 18.8 Å². The van der Waals surface area contributed by atoms with E-state index in [0.717, 1.165) is 18.6 Å². The predicted octanol–water partition coefficient (Wildman–Crippen LogP) is 3.42. The van der Waals surface area contributed by atoms with Crippen LogP contribution in [0.2, 0.25) is 0 Å². The number of halogens is 4. The first-order valence-corrected chi connectivity index (χ1v) is 7.95. The molecule has 1 aromatic heterocycles. The summed E-state index contributed by atoms with van der Waals surface area (Å²) in [7, 11) is 0. The van der Waals surface area contributed by atoms with E-state index in [4.69, 9.17) is 5.73 Å². The molecule has 1 unspecified atom stereocenters. The van der Waals surface area contributed by atoms with E-state index in [1.807, 2.05) is 13.8 Å². The van der Waals surface area contributed by atoms with E-state index in [0.29, 0.717) is 12.5 Å². The second-order valence-electron chi connectivity index (χ2n) is 6.23. The smallest absolute Gasteiger partial charge is 0.347 e. The lowest BCUT2D eigenvalue weighted by Gasteiger charge is -2.18. The quantitative estimate of drug-likeness (QED) is 0.793. The fraction of sp³-hybridized carbons (Fsp3) is 0.412. The summed E-state index contributed by atoms with van der Waals surface area (Å²) >= 11 is 0. The molecule has 1 heterocycles. The Kier molecular flexibility index (Phi) is 7.65. The first-order chi connectivity index (χ1) is 11.7. The van der Waals surface area contributed by atoms with Crippen LogP contribution in [0.15, 0.2) is 36.5 Å². The van der Waals surface area contributed by atoms with Crippen molar-refractivity contribution in [2.24, 2.45) is 11.7 Å². The molecule has 0 aliphatic rings. The predicted molar refractivity (Wildman–Crippen MR) is 95.6 cm³/mol. The molecule has 0 aliphatic heterocycles. The van der Waals surface area contributed by atoms with Gasteiger partial charge in [0.15, 0.2) is 5.69 Å². The van der Waals surface area contributed by atoms with Gasteiger partial charge in [-0.25, -0.2) is 4.68 Å². The summed E-state index contributed by atoms with van der Waals surface area (Å²) in [5, 5.41) is 6.86. The van der Waals surface area contributed by atoms with Gasteiger partial charge in [0.25, 0.3) is 5.91 Å². The molecule has 0 fully saturated rings. The summed E-state index contributed by atoms with van der Waals surface area (Å²) < 4.78 is 39.6. The summed E-state index contributed by atoms with van der Waals surface area (Å²) in [4.78, 5) is 12.2. The molecule has 1 atom stereocenters. The van der Waals surface area contributed by atoms with Crippen molar-refractivity contribution >= 4 is 18.3 Å². The molecule has 2 aromatic rings. The van der Waals surface area contributed by atoms with Gasteiger partial charge < -0.3 is 11.1 Å². The Morgan fingerprint density at radius 3 is 2.58 bits per heavy atom. The fourth-order valence-electron chi connectivity index (χ4n) is 2.46. The number of rotatable bonds is 6. The van der Waals surface area contributed by atoms with Crippen LogP contribution in [0, 0.1) is 5.92 Å². The standard InChI is InChI=1S/C17H21F3N4O.ClH/c1-11(2)8-13(10-21)22-16(25)15-6-7-24(23-15)14-5-3-4-12(9-14)17(18,19)20;/h3-7,9,11,13H,8,10,21H2,1-2H3,(H,22,25);1H. The van der Waals surface area contributed by atoms with E-state index in [1.54, 1.807) is 0 Å². The third kappa shape index (κ3) is 5.74. The fourth-order valence-corrected chi connectivity index (χ4v) is 2.46. The molecule has 0 saturated heterocycles. The van der Waals surface area contributed by atoms with Gasteiger partial charge in [-0.05, 0) is 36.6 Å². The minimum Gasteiger partial charge on any atom is -0.347 e. The summed E-state index contributed by atoms with van der Waals surface area (Å²) in [5.74, 6) is -0.0293. The summed E-state index contributed by atoms with van der Waals surface area (Å²) in [5.41, 5.74) is 5.24. The van der Waals surface area contributed by atoms with Crippen LogP contribution in [-0.2, 0) is 6.18 Å². The number of amides is 1. The van der Waals surface area contributed by atoms with Gasteiger partial charge in [-0.3, -0.25) is 4.79 Å². The molecule has 0 saturated carbocycles. The molecule has 9 heteroatoms. The minimum absolute atomic E-state index is 0. The summed E-state index contributed by atoms with van der Waals surface area (Å²) in [6, 6.07) is 6.04. The topological polar surface area (TPSA) is 72.9 Å². The van der Waals surface area contributed by atoms with Gasteiger partial charge in [0.1, 0.15) is 0 Å². The van der Waals surface area contributed by atoms with Crippen LogP contribution in [0.25, 0.3) is 5.69 Å². The molecule has 0 bridgehead atoms. The number of benzene rings is 1. The number of nitrogens with two attached hydrogens (primary N) is 1. The zero-order valence-corrected chi connectivity index (χ0v) is 15.3. The van der Waals surface area contributed by atoms with E-state index in [1.165, 1.54) is 29.1 Å². The Bertz CT molecular complexity index is 731. The van der Waals surface area contributed by atoms with E-state index in [2.05, 4.69) is 10.4 Å². The highest BCUT2D eigenvalue weighted by Crippen LogP contribution is 2.30. The Morgan fingerprint density at radius 1 is 1.31 bits per heavy atom. The number of hydrogen-bond acceptors (Lipinski definition) is 3. The summed E-state index contributed by atoms with van der Waals surface area (Å²) in [6.45, 7) is 4.35. The molecule has 0 aliphatic carbocycles. The molecule has 5 nitrogen and oxygen atoms in total. The number of nitrogens with one attached hydrogen (secondary N) is 1. The van der Waals surface area contributed by atoms with Gasteiger partial charge in [-0.1, -0.05) is 19.9 Å². The van der Waals surface area contributed by atoms with E-state index in [9.17, 15) is 18.0 Å². The monoisotopic (exact) mass is 390 g/mol. The van der Waals surface area contributed by atoms with Crippen LogP contribution in [0.1, 0.15) is 36.3 Å². The van der Waals surface area contributed by atoms with Crippen LogP contribution >= 0.6 is 12.4 Å². The maximum absolute atomic E-state index is 12.8. The highest BCUT2D eigenvalue weighted by molar-refractivity contribution is 5.92. The first kappa shape index (κ1) is 22.0. The Labute approximate surface area is 156 Å². The van der Waals surface area contributed by atoms with Crippen molar-refractivity contribution in [3.05, 3.63) is 47.8 Å². The third-order valence-electron chi connectivity index (χ3n) is 3.64. The average molecular weight is 391 g/mol. The lowest BCUT2D eigenvalue weighted by molar-refractivity contribution is -0.137. The molecule has 2 rings (SSSR count). The SMILES string of the molecule is CC(C)CC(CN)NC(=O)c1ccn(-c2cccc(C(F)(F)F)c2)n1.Cl. The molecule has 3 N–H and O–H groups in total. The number of hydrogen-bond donors (Lipinski definition) is 2. The van der Waals surface area contributed by atoms with Crippen molar-refractivity contribution in [2.45, 2.75) is 32.5 Å². The maximum atomic E-state index is 12.8. The van der Waals surface area contributed by atoms with Gasteiger partial charge >= 0.3 is 6.18 Å². The van der Waals surface area contributed by atoms with Crippen LogP contribution in [-0.4, -0.2) is 28.3 Å². The first-order valence-electron chi connectivity index (χ1n) is 7.95. The second kappa shape index (κ2) is 9.05. The van der Waals surface area contributed by atoms with Crippen molar-refractivity contribution in [1.29, 1.82) is 0 Å². The van der Waals surface area contributed by atoms with Crippen LogP contribution in [0.5, 0.6) is 0 Å². The molecule has 1 amide bonds. The molecular formula is C17H22ClF3N4O. The van der Waals surface area contributed by atoms with E-state index >= 15 is 0 Å². The normalized spacial score (nSPS) is 12.6. The van der Waals surface area contributed by atoms with Gasteiger partial charge in [0.2, 0.25) is 0 Å². The zero-order chi connectivity index (χ0) is 18.6. The third-order valence-corrected chi connectivity index (χ3v) is 3.64. The Balaban J connectivity index is 0.00000338. The number of aromatic nitrogens is 2. The van der Waals surface area contributed by atoms with Crippen LogP contribution < -0.4 is 11.1 Å². The lowest BCUT2D eigenvalue weighted by Crippen LogP contribution is -2.41. The van der Waals surface area contributed by atoms with Gasteiger partial charge in [-0.2, -0.15) is 18.3 Å². The molecule has 0 spiro atoms. The number of alkyl halides is 3. The zero-order valence-electron chi connectivity index (χ0n) is 14.5. The highest BCUT2D eigenvalue weighted by Gasteiger charge is 2.30. The number of carbonyl (C=O) groups excluding carboxylic acids is 1.